The van der Waals surface area contributed by atoms with Gasteiger partial charge in [0.15, 0.2) is 0 Å². The van der Waals surface area contributed by atoms with Crippen molar-refractivity contribution in [1.82, 2.24) is 0 Å². The lowest BCUT2D eigenvalue weighted by Crippen LogP contribution is -2.10. The van der Waals surface area contributed by atoms with Crippen LogP contribution in [0.2, 0.25) is 0 Å². The first-order valence-electron chi connectivity index (χ1n) is 4.34. The molecule has 0 aliphatic rings. The predicted octanol–water partition coefficient (Wildman–Crippen LogP) is 1.17. The number of rotatable bonds is 4. The summed E-state index contributed by atoms with van der Waals surface area (Å²) < 4.78 is 0. The summed E-state index contributed by atoms with van der Waals surface area (Å²) in [6.45, 7) is -0.190. The average Bonchev–Trinajstić information content (AvgIpc) is 2.26. The van der Waals surface area contributed by atoms with Crippen molar-refractivity contribution in [1.29, 1.82) is 0 Å². The van der Waals surface area contributed by atoms with Crippen molar-refractivity contribution in [2.75, 3.05) is 6.54 Å². The Hall–Kier alpha value is -2.28. The molecule has 0 radical (unpaired) electrons. The molecular formula is C9H9N3O4. The summed E-state index contributed by atoms with van der Waals surface area (Å²) in [5.74, 6) is 0. The van der Waals surface area contributed by atoms with Gasteiger partial charge in [-0.1, -0.05) is 0 Å². The Kier molecular flexibility index (Phi) is 3.67. The van der Waals surface area contributed by atoms with Crippen molar-refractivity contribution >= 4 is 11.8 Å². The highest BCUT2D eigenvalue weighted by Crippen LogP contribution is 2.14. The van der Waals surface area contributed by atoms with Gasteiger partial charge in [0.05, 0.1) is 16.4 Å². The highest BCUT2D eigenvalue weighted by atomic mass is 16.6. The maximum absolute atomic E-state index is 10.5. The van der Waals surface area contributed by atoms with E-state index in [4.69, 9.17) is 5.73 Å². The summed E-state index contributed by atoms with van der Waals surface area (Å²) in [4.78, 5) is 19.7. The van der Waals surface area contributed by atoms with Crippen molar-refractivity contribution < 1.29 is 9.85 Å². The van der Waals surface area contributed by atoms with Gasteiger partial charge in [0.25, 0.3) is 11.4 Å². The summed E-state index contributed by atoms with van der Waals surface area (Å²) in [6, 6.07) is 5.41. The third-order valence-corrected chi connectivity index (χ3v) is 1.88. The molecular weight excluding hydrogens is 214 g/mol. The summed E-state index contributed by atoms with van der Waals surface area (Å²) in [6.07, 6.45) is 1.28. The van der Waals surface area contributed by atoms with Crippen LogP contribution in [0.5, 0.6) is 0 Å². The molecule has 7 heteroatoms. The first kappa shape index (κ1) is 11.8. The Morgan fingerprint density at radius 1 is 1.25 bits per heavy atom. The second-order valence-electron chi connectivity index (χ2n) is 2.95. The number of nitrogens with two attached hydrogens (primary N) is 1. The number of non-ortho nitro benzene ring substituents is 1. The number of nitro benzene ring substituents is 1. The van der Waals surface area contributed by atoms with Crippen molar-refractivity contribution in [3.05, 3.63) is 55.8 Å². The molecule has 1 rings (SSSR count). The molecule has 0 saturated heterocycles. The van der Waals surface area contributed by atoms with Gasteiger partial charge < -0.3 is 5.73 Å². The summed E-state index contributed by atoms with van der Waals surface area (Å²) in [7, 11) is 0. The zero-order valence-corrected chi connectivity index (χ0v) is 8.20. The molecule has 1 aromatic carbocycles. The average molecular weight is 223 g/mol. The zero-order valence-electron chi connectivity index (χ0n) is 8.20. The summed E-state index contributed by atoms with van der Waals surface area (Å²) >= 11 is 0. The lowest BCUT2D eigenvalue weighted by molar-refractivity contribution is -0.423. The first-order valence-corrected chi connectivity index (χ1v) is 4.34. The Morgan fingerprint density at radius 3 is 2.19 bits per heavy atom. The molecule has 7 nitrogen and oxygen atoms in total. The molecule has 84 valence electrons. The van der Waals surface area contributed by atoms with Gasteiger partial charge in [0.2, 0.25) is 0 Å². The second-order valence-corrected chi connectivity index (χ2v) is 2.95. The molecule has 16 heavy (non-hydrogen) atoms. The standard InChI is InChI=1S/C9H9N3O4/c10-6-9(12(15)16)5-7-1-3-8(4-2-7)11(13)14/h1-5H,6,10H2. The van der Waals surface area contributed by atoms with Crippen LogP contribution < -0.4 is 5.73 Å². The van der Waals surface area contributed by atoms with E-state index in [1.54, 1.807) is 0 Å². The third kappa shape index (κ3) is 2.85. The minimum absolute atomic E-state index is 0.0625. The molecule has 0 heterocycles. The largest absolute Gasteiger partial charge is 0.321 e. The highest BCUT2D eigenvalue weighted by Gasteiger charge is 2.08. The molecule has 0 saturated carbocycles. The van der Waals surface area contributed by atoms with Gasteiger partial charge in [0, 0.05) is 18.2 Å². The molecule has 0 fully saturated rings. The smallest absolute Gasteiger partial charge is 0.269 e. The number of hydrogen-bond donors (Lipinski definition) is 1. The Balaban J connectivity index is 2.98. The molecule has 0 bridgehead atoms. The highest BCUT2D eigenvalue weighted by molar-refractivity contribution is 5.53. The van der Waals surface area contributed by atoms with Crippen LogP contribution in [0.15, 0.2) is 30.0 Å². The van der Waals surface area contributed by atoms with Crippen LogP contribution in [0.3, 0.4) is 0 Å². The third-order valence-electron chi connectivity index (χ3n) is 1.88. The lowest BCUT2D eigenvalue weighted by Gasteiger charge is -1.95. The van der Waals surface area contributed by atoms with Crippen LogP contribution in [0.25, 0.3) is 6.08 Å². The summed E-state index contributed by atoms with van der Waals surface area (Å²) in [5.41, 5.74) is 5.48. The van der Waals surface area contributed by atoms with Crippen molar-refractivity contribution in [2.45, 2.75) is 0 Å². The molecule has 0 aromatic heterocycles. The van der Waals surface area contributed by atoms with Crippen molar-refractivity contribution in [2.24, 2.45) is 5.73 Å². The minimum atomic E-state index is -0.582. The van der Waals surface area contributed by atoms with Crippen LogP contribution in [0.4, 0.5) is 5.69 Å². The molecule has 2 N–H and O–H groups in total. The molecule has 0 aliphatic heterocycles. The van der Waals surface area contributed by atoms with Crippen molar-refractivity contribution in [3.63, 3.8) is 0 Å². The van der Waals surface area contributed by atoms with Crippen LogP contribution in [-0.2, 0) is 0 Å². The molecule has 0 unspecified atom stereocenters. The van der Waals surface area contributed by atoms with Crippen LogP contribution in [-0.4, -0.2) is 16.4 Å². The van der Waals surface area contributed by atoms with Crippen LogP contribution in [0.1, 0.15) is 5.56 Å². The van der Waals surface area contributed by atoms with Gasteiger partial charge in [-0.2, -0.15) is 0 Å². The van der Waals surface area contributed by atoms with Gasteiger partial charge in [0.1, 0.15) is 0 Å². The molecule has 0 atom stereocenters. The van der Waals surface area contributed by atoms with E-state index in [1.807, 2.05) is 0 Å². The zero-order chi connectivity index (χ0) is 12.1. The molecule has 1 aromatic rings. The quantitative estimate of drug-likeness (QED) is 0.608. The monoisotopic (exact) mass is 223 g/mol. The van der Waals surface area contributed by atoms with Gasteiger partial charge in [-0.15, -0.1) is 0 Å². The Bertz CT molecular complexity index is 439. The molecule has 0 spiro atoms. The van der Waals surface area contributed by atoms with E-state index < -0.39 is 9.85 Å². The maximum atomic E-state index is 10.5. The lowest BCUT2D eigenvalue weighted by atomic mass is 10.2. The maximum Gasteiger partial charge on any atom is 0.269 e. The number of nitro groups is 2. The number of benzene rings is 1. The number of hydrogen-bond acceptors (Lipinski definition) is 5. The first-order chi connectivity index (χ1) is 7.54. The van der Waals surface area contributed by atoms with Crippen molar-refractivity contribution in [3.8, 4) is 0 Å². The molecule has 0 aliphatic carbocycles. The van der Waals surface area contributed by atoms with E-state index >= 15 is 0 Å². The van der Waals surface area contributed by atoms with Crippen LogP contribution in [0, 0.1) is 20.2 Å². The Morgan fingerprint density at radius 2 is 1.81 bits per heavy atom. The van der Waals surface area contributed by atoms with Gasteiger partial charge in [-0.3, -0.25) is 20.2 Å². The normalized spacial score (nSPS) is 11.2. The van der Waals surface area contributed by atoms with Gasteiger partial charge >= 0.3 is 0 Å². The fourth-order valence-electron chi connectivity index (χ4n) is 1.07. The van der Waals surface area contributed by atoms with Gasteiger partial charge in [-0.05, 0) is 17.7 Å². The SMILES string of the molecule is NCC(=Cc1ccc([N+](=O)[O-])cc1)[N+](=O)[O-]. The minimum Gasteiger partial charge on any atom is -0.321 e. The van der Waals surface area contributed by atoms with E-state index in [0.717, 1.165) is 0 Å². The molecule has 0 amide bonds. The van der Waals surface area contributed by atoms with E-state index in [9.17, 15) is 20.2 Å². The van der Waals surface area contributed by atoms with Gasteiger partial charge in [-0.25, -0.2) is 0 Å². The fourth-order valence-corrected chi connectivity index (χ4v) is 1.07. The topological polar surface area (TPSA) is 112 Å². The number of nitrogens with zero attached hydrogens (tertiary/aromatic N) is 2. The predicted molar refractivity (Wildman–Crippen MR) is 57.1 cm³/mol. The van der Waals surface area contributed by atoms with E-state index in [2.05, 4.69) is 0 Å². The summed E-state index contributed by atoms with van der Waals surface area (Å²) in [5, 5.41) is 20.8. The van der Waals surface area contributed by atoms with E-state index in [-0.39, 0.29) is 17.9 Å². The van der Waals surface area contributed by atoms with E-state index in [0.29, 0.717) is 5.56 Å². The van der Waals surface area contributed by atoms with E-state index in [1.165, 1.54) is 30.3 Å². The Labute approximate surface area is 90.5 Å². The second kappa shape index (κ2) is 4.99. The van der Waals surface area contributed by atoms with Crippen LogP contribution >= 0.6 is 0 Å². The fraction of sp³-hybridized carbons (Fsp3) is 0.111.